The van der Waals surface area contributed by atoms with Crippen molar-refractivity contribution in [2.45, 2.75) is 38.1 Å². The van der Waals surface area contributed by atoms with Crippen LogP contribution in [0.15, 0.2) is 30.5 Å². The molecule has 1 aromatic heterocycles. The minimum absolute atomic E-state index is 0.179. The summed E-state index contributed by atoms with van der Waals surface area (Å²) in [4.78, 5) is 16.3. The van der Waals surface area contributed by atoms with Crippen LogP contribution in [0.2, 0.25) is 0 Å². The molecule has 1 aromatic carbocycles. The van der Waals surface area contributed by atoms with Crippen molar-refractivity contribution in [2.24, 2.45) is 0 Å². The number of methoxy groups -OCH3 is 1. The Morgan fingerprint density at radius 2 is 1.88 bits per heavy atom. The summed E-state index contributed by atoms with van der Waals surface area (Å²) in [6.07, 6.45) is 6.90. The topological polar surface area (TPSA) is 63.2 Å². The standard InChI is InChI=1S/C19H21F2N3O2/c1-26-17-11-16(21)15(20)10-14(17)12-7-8-22-18(9-12)24-19(25)23-13-5-3-2-4-6-13/h7-11,13H,2-6H2,1H3,(H2,22,23,24,25). The number of rotatable bonds is 4. The molecule has 0 aliphatic heterocycles. The quantitative estimate of drug-likeness (QED) is 0.843. The molecule has 7 heteroatoms. The fourth-order valence-electron chi connectivity index (χ4n) is 3.17. The fourth-order valence-corrected chi connectivity index (χ4v) is 3.17. The van der Waals surface area contributed by atoms with E-state index in [1.54, 1.807) is 12.1 Å². The number of halogens is 2. The summed E-state index contributed by atoms with van der Waals surface area (Å²) in [6.45, 7) is 0. The Bertz CT molecular complexity index is 792. The monoisotopic (exact) mass is 361 g/mol. The Balaban J connectivity index is 1.76. The highest BCUT2D eigenvalue weighted by Crippen LogP contribution is 2.32. The fraction of sp³-hybridized carbons (Fsp3) is 0.368. The molecule has 0 atom stereocenters. The molecule has 26 heavy (non-hydrogen) atoms. The van der Waals surface area contributed by atoms with Gasteiger partial charge in [0.25, 0.3) is 0 Å². The molecule has 2 amide bonds. The zero-order valence-electron chi connectivity index (χ0n) is 14.5. The zero-order valence-corrected chi connectivity index (χ0v) is 14.5. The van der Waals surface area contributed by atoms with Gasteiger partial charge in [-0.2, -0.15) is 0 Å². The first-order chi connectivity index (χ1) is 12.6. The van der Waals surface area contributed by atoms with Crippen LogP contribution in [0.4, 0.5) is 19.4 Å². The van der Waals surface area contributed by atoms with Crippen molar-refractivity contribution in [2.75, 3.05) is 12.4 Å². The van der Waals surface area contributed by atoms with Crippen LogP contribution in [0.3, 0.4) is 0 Å². The Morgan fingerprint density at radius 1 is 1.15 bits per heavy atom. The van der Waals surface area contributed by atoms with Crippen molar-refractivity contribution < 1.29 is 18.3 Å². The summed E-state index contributed by atoms with van der Waals surface area (Å²) in [6, 6.07) is 5.15. The van der Waals surface area contributed by atoms with Gasteiger partial charge in [0, 0.05) is 23.9 Å². The molecule has 0 unspecified atom stereocenters. The lowest BCUT2D eigenvalue weighted by Crippen LogP contribution is -2.39. The van der Waals surface area contributed by atoms with E-state index in [-0.39, 0.29) is 17.8 Å². The van der Waals surface area contributed by atoms with Crippen molar-refractivity contribution in [3.8, 4) is 16.9 Å². The molecule has 1 saturated carbocycles. The van der Waals surface area contributed by atoms with Crippen LogP contribution < -0.4 is 15.4 Å². The largest absolute Gasteiger partial charge is 0.496 e. The maximum atomic E-state index is 13.6. The number of hydrogen-bond donors (Lipinski definition) is 2. The SMILES string of the molecule is COc1cc(F)c(F)cc1-c1ccnc(NC(=O)NC2CCCCC2)c1. The minimum atomic E-state index is -0.982. The molecular formula is C19H21F2N3O2. The lowest BCUT2D eigenvalue weighted by Gasteiger charge is -2.22. The molecule has 0 radical (unpaired) electrons. The van der Waals surface area contributed by atoms with Crippen LogP contribution in [0.1, 0.15) is 32.1 Å². The minimum Gasteiger partial charge on any atom is -0.496 e. The van der Waals surface area contributed by atoms with Gasteiger partial charge in [-0.1, -0.05) is 19.3 Å². The molecule has 2 aromatic rings. The number of urea groups is 1. The summed E-state index contributed by atoms with van der Waals surface area (Å²) in [5.41, 5.74) is 0.938. The first-order valence-electron chi connectivity index (χ1n) is 8.64. The molecule has 0 saturated heterocycles. The van der Waals surface area contributed by atoms with E-state index >= 15 is 0 Å². The highest BCUT2D eigenvalue weighted by Gasteiger charge is 2.17. The molecular weight excluding hydrogens is 340 g/mol. The van der Waals surface area contributed by atoms with Gasteiger partial charge in [-0.15, -0.1) is 0 Å². The van der Waals surface area contributed by atoms with Crippen LogP contribution in [0.25, 0.3) is 11.1 Å². The average molecular weight is 361 g/mol. The molecule has 0 spiro atoms. The molecule has 138 valence electrons. The summed E-state index contributed by atoms with van der Waals surface area (Å²) >= 11 is 0. The molecule has 1 heterocycles. The highest BCUT2D eigenvalue weighted by atomic mass is 19.2. The lowest BCUT2D eigenvalue weighted by molar-refractivity contribution is 0.244. The normalized spacial score (nSPS) is 14.7. The molecule has 1 aliphatic rings. The molecule has 0 bridgehead atoms. The third-order valence-electron chi connectivity index (χ3n) is 4.50. The number of carbonyl (C=O) groups is 1. The molecule has 2 N–H and O–H groups in total. The van der Waals surface area contributed by atoms with Crippen molar-refractivity contribution in [1.82, 2.24) is 10.3 Å². The van der Waals surface area contributed by atoms with Crippen LogP contribution >= 0.6 is 0 Å². The van der Waals surface area contributed by atoms with Crippen molar-refractivity contribution >= 4 is 11.8 Å². The first kappa shape index (κ1) is 18.1. The molecule has 1 fully saturated rings. The van der Waals surface area contributed by atoms with E-state index in [0.29, 0.717) is 16.9 Å². The van der Waals surface area contributed by atoms with Crippen molar-refractivity contribution in [3.63, 3.8) is 0 Å². The van der Waals surface area contributed by atoms with E-state index in [2.05, 4.69) is 15.6 Å². The number of carbonyl (C=O) groups excluding carboxylic acids is 1. The van der Waals surface area contributed by atoms with Gasteiger partial charge in [0.05, 0.1) is 7.11 Å². The summed E-state index contributed by atoms with van der Waals surface area (Å²) in [5, 5.41) is 5.63. The maximum absolute atomic E-state index is 13.6. The maximum Gasteiger partial charge on any atom is 0.320 e. The van der Waals surface area contributed by atoms with Crippen LogP contribution in [0, 0.1) is 11.6 Å². The number of benzene rings is 1. The average Bonchev–Trinajstić information content (AvgIpc) is 2.64. The van der Waals surface area contributed by atoms with Gasteiger partial charge in [-0.25, -0.2) is 18.6 Å². The van der Waals surface area contributed by atoms with E-state index in [9.17, 15) is 13.6 Å². The molecule has 3 rings (SSSR count). The number of amides is 2. The van der Waals surface area contributed by atoms with Gasteiger partial charge in [0.15, 0.2) is 11.6 Å². The number of anilines is 1. The third-order valence-corrected chi connectivity index (χ3v) is 4.50. The summed E-state index contributed by atoms with van der Waals surface area (Å²) in [7, 11) is 1.38. The van der Waals surface area contributed by atoms with Gasteiger partial charge in [-0.05, 0) is 36.6 Å². The number of nitrogens with zero attached hydrogens (tertiary/aromatic N) is 1. The number of hydrogen-bond acceptors (Lipinski definition) is 3. The van der Waals surface area contributed by atoms with E-state index in [4.69, 9.17) is 4.74 Å². The van der Waals surface area contributed by atoms with Crippen LogP contribution in [-0.4, -0.2) is 24.2 Å². The molecule has 5 nitrogen and oxygen atoms in total. The number of ether oxygens (including phenoxy) is 1. The van der Waals surface area contributed by atoms with Crippen LogP contribution in [-0.2, 0) is 0 Å². The number of nitrogens with one attached hydrogen (secondary N) is 2. The van der Waals surface area contributed by atoms with Gasteiger partial charge >= 0.3 is 6.03 Å². The summed E-state index contributed by atoms with van der Waals surface area (Å²) in [5.74, 6) is -1.43. The van der Waals surface area contributed by atoms with Gasteiger partial charge in [0.1, 0.15) is 11.6 Å². The smallest absolute Gasteiger partial charge is 0.320 e. The number of pyridine rings is 1. The lowest BCUT2D eigenvalue weighted by atomic mass is 9.96. The molecule has 1 aliphatic carbocycles. The van der Waals surface area contributed by atoms with Crippen molar-refractivity contribution in [3.05, 3.63) is 42.1 Å². The zero-order chi connectivity index (χ0) is 18.5. The van der Waals surface area contributed by atoms with E-state index in [1.807, 2.05) is 0 Å². The number of aromatic nitrogens is 1. The van der Waals surface area contributed by atoms with Gasteiger partial charge < -0.3 is 10.1 Å². The van der Waals surface area contributed by atoms with Gasteiger partial charge in [-0.3, -0.25) is 5.32 Å². The second-order valence-electron chi connectivity index (χ2n) is 6.33. The van der Waals surface area contributed by atoms with Crippen LogP contribution in [0.5, 0.6) is 5.75 Å². The van der Waals surface area contributed by atoms with Crippen molar-refractivity contribution in [1.29, 1.82) is 0 Å². The van der Waals surface area contributed by atoms with E-state index < -0.39 is 11.6 Å². The first-order valence-corrected chi connectivity index (χ1v) is 8.64. The second kappa shape index (κ2) is 8.12. The summed E-state index contributed by atoms with van der Waals surface area (Å²) < 4.78 is 32.2. The second-order valence-corrected chi connectivity index (χ2v) is 6.33. The Kier molecular flexibility index (Phi) is 5.65. The Morgan fingerprint density at radius 3 is 2.62 bits per heavy atom. The van der Waals surface area contributed by atoms with Gasteiger partial charge in [0.2, 0.25) is 0 Å². The third kappa shape index (κ3) is 4.28. The Hall–Kier alpha value is -2.70. The van der Waals surface area contributed by atoms with E-state index in [1.165, 1.54) is 19.7 Å². The predicted molar refractivity (Wildman–Crippen MR) is 95.2 cm³/mol. The highest BCUT2D eigenvalue weighted by molar-refractivity contribution is 5.89. The predicted octanol–water partition coefficient (Wildman–Crippen LogP) is 4.49. The van der Waals surface area contributed by atoms with E-state index in [0.717, 1.165) is 37.8 Å². The Labute approximate surface area is 150 Å².